The summed E-state index contributed by atoms with van der Waals surface area (Å²) in [5.74, 6) is -1.19. The van der Waals surface area contributed by atoms with E-state index in [0.29, 0.717) is 122 Å². The van der Waals surface area contributed by atoms with E-state index in [9.17, 15) is 29.7 Å². The van der Waals surface area contributed by atoms with Crippen LogP contribution >= 0.6 is 0 Å². The van der Waals surface area contributed by atoms with E-state index in [-0.39, 0.29) is 37.8 Å². The normalized spacial score (nSPS) is 11.1. The predicted octanol–water partition coefficient (Wildman–Crippen LogP) is 17.9. The van der Waals surface area contributed by atoms with E-state index in [1.807, 2.05) is 229 Å². The highest BCUT2D eigenvalue weighted by Gasteiger charge is 2.25. The predicted molar refractivity (Wildman–Crippen MR) is 382 cm³/mol. The van der Waals surface area contributed by atoms with Gasteiger partial charge in [-0.3, -0.25) is 0 Å². The van der Waals surface area contributed by atoms with Crippen LogP contribution in [-0.2, 0) is 45.4 Å². The summed E-state index contributed by atoms with van der Waals surface area (Å²) in [6, 6.07) is 91.7. The van der Waals surface area contributed by atoms with Crippen molar-refractivity contribution in [3.8, 4) is 68.8 Å². The fraction of sp³-hybridized carbons (Fsp3) is 0.0471. The molecule has 0 N–H and O–H groups in total. The zero-order valence-corrected chi connectivity index (χ0v) is 53.4. The van der Waals surface area contributed by atoms with Crippen LogP contribution in [0.2, 0.25) is 0 Å². The lowest BCUT2D eigenvalue weighted by molar-refractivity contribution is 0.0464. The smallest absolute Gasteiger partial charge is 0.338 e. The maximum atomic E-state index is 13.9. The van der Waals surface area contributed by atoms with Crippen LogP contribution in [0.3, 0.4) is 0 Å². The van der Waals surface area contributed by atoms with Crippen molar-refractivity contribution in [1.29, 1.82) is 10.5 Å². The molecule has 0 radical (unpaired) electrons. The van der Waals surface area contributed by atoms with Crippen molar-refractivity contribution in [3.63, 3.8) is 0 Å². The summed E-state index contributed by atoms with van der Waals surface area (Å²) in [4.78, 5) is 70.8. The van der Waals surface area contributed by atoms with Crippen molar-refractivity contribution < 1.29 is 38.1 Å². The van der Waals surface area contributed by atoms with E-state index in [4.69, 9.17) is 33.9 Å². The zero-order valence-electron chi connectivity index (χ0n) is 53.4. The monoisotopic (exact) mass is 1300 g/mol. The van der Waals surface area contributed by atoms with Gasteiger partial charge < -0.3 is 28.1 Å². The van der Waals surface area contributed by atoms with Gasteiger partial charge in [0, 0.05) is 43.8 Å². The van der Waals surface area contributed by atoms with Gasteiger partial charge in [0.05, 0.1) is 72.9 Å². The summed E-state index contributed by atoms with van der Waals surface area (Å²) >= 11 is 0. The summed E-state index contributed by atoms with van der Waals surface area (Å²) in [6.45, 7) is 0.278. The number of hydrogen-bond donors (Lipinski definition) is 0. The first-order valence-electron chi connectivity index (χ1n) is 32.1. The Morgan fingerprint density at radius 2 is 0.650 bits per heavy atom. The van der Waals surface area contributed by atoms with Gasteiger partial charge in [-0.05, 0) is 149 Å². The highest BCUT2D eigenvalue weighted by molar-refractivity contribution is 6.15. The molecule has 0 unspecified atom stereocenters. The lowest BCUT2D eigenvalue weighted by Crippen LogP contribution is -2.05. The molecule has 478 valence electrons. The molecule has 0 bridgehead atoms. The van der Waals surface area contributed by atoms with Gasteiger partial charge in [0.2, 0.25) is 0 Å². The number of hydrogen-bond acceptors (Lipinski definition) is 13. The van der Waals surface area contributed by atoms with Crippen molar-refractivity contribution in [1.82, 2.24) is 24.1 Å². The molecule has 0 aliphatic carbocycles. The number of aromatic nitrogens is 5. The van der Waals surface area contributed by atoms with Crippen LogP contribution in [-0.4, -0.2) is 48.0 Å². The number of nitrogens with zero attached hydrogens (tertiary/aromatic N) is 7. The lowest BCUT2D eigenvalue weighted by Gasteiger charge is -2.17. The van der Waals surface area contributed by atoms with Crippen LogP contribution in [0.15, 0.2) is 285 Å². The number of fused-ring (bicyclic) bond motifs is 6. The van der Waals surface area contributed by atoms with Crippen LogP contribution < -0.4 is 0 Å². The second-order valence-electron chi connectivity index (χ2n) is 23.8. The second-order valence-corrected chi connectivity index (χ2v) is 23.8. The third-order valence-corrected chi connectivity index (χ3v) is 17.4. The van der Waals surface area contributed by atoms with Crippen LogP contribution in [0.25, 0.3) is 100 Å². The van der Waals surface area contributed by atoms with Gasteiger partial charge >= 0.3 is 23.9 Å². The molecule has 15 heteroatoms. The fourth-order valence-electron chi connectivity index (χ4n) is 12.5. The molecule has 0 fully saturated rings. The van der Waals surface area contributed by atoms with E-state index in [2.05, 4.69) is 16.7 Å². The minimum absolute atomic E-state index is 0.0686. The van der Waals surface area contributed by atoms with Gasteiger partial charge in [-0.1, -0.05) is 164 Å². The van der Waals surface area contributed by atoms with Gasteiger partial charge in [-0.25, -0.2) is 34.1 Å². The van der Waals surface area contributed by atoms with Crippen LogP contribution in [0.1, 0.15) is 74.8 Å². The van der Waals surface area contributed by atoms with Crippen molar-refractivity contribution in [2.75, 3.05) is 0 Å². The molecule has 0 aliphatic rings. The first kappa shape index (κ1) is 62.2. The van der Waals surface area contributed by atoms with Gasteiger partial charge in [-0.15, -0.1) is 0 Å². The molecule has 0 spiro atoms. The SMILES string of the molecule is N#Cc1cccc(-c2cc(-c3nc(-c4ccccc4)nc(-c4ccc(-n5c6ccc(C(=O)OCc7ccccc7)cc6c6cc(C(=O)OCc7ccccc7)ccc65)c(C#N)c4)n3)ccc2-n2c3ccc(C(=O)OCc4ccccc4)cc3c3cc(C(=O)OCc4ccccc4)ccc32)c1. The number of nitriles is 2. The van der Waals surface area contributed by atoms with Crippen LogP contribution in [0.4, 0.5) is 0 Å². The molecule has 0 saturated heterocycles. The topological polar surface area (TPSA) is 201 Å². The number of carbonyl (C=O) groups is 4. The van der Waals surface area contributed by atoms with Crippen molar-refractivity contribution in [3.05, 3.63) is 341 Å². The quantitative estimate of drug-likeness (QED) is 0.0581. The zero-order chi connectivity index (χ0) is 68.1. The Morgan fingerprint density at radius 3 is 1.03 bits per heavy atom. The number of ether oxygens (including phenoxy) is 4. The summed E-state index contributed by atoms with van der Waals surface area (Å²) in [5, 5.41) is 24.2. The van der Waals surface area contributed by atoms with Crippen LogP contribution in [0.5, 0.6) is 0 Å². The van der Waals surface area contributed by atoms with Crippen molar-refractivity contribution >= 4 is 67.5 Å². The second kappa shape index (κ2) is 27.4. The Balaban J connectivity index is 0.843. The molecule has 0 saturated carbocycles. The van der Waals surface area contributed by atoms with Gasteiger partial charge in [0.25, 0.3) is 0 Å². The average Bonchev–Trinajstić information content (AvgIpc) is 1.58. The highest BCUT2D eigenvalue weighted by atomic mass is 16.5. The Labute approximate surface area is 573 Å². The molecule has 15 rings (SSSR count). The Bertz CT molecular complexity index is 5560. The van der Waals surface area contributed by atoms with Crippen LogP contribution in [0, 0.1) is 22.7 Å². The highest BCUT2D eigenvalue weighted by Crippen LogP contribution is 2.41. The summed E-state index contributed by atoms with van der Waals surface area (Å²) in [5.41, 5.74) is 12.3. The minimum Gasteiger partial charge on any atom is -0.457 e. The van der Waals surface area contributed by atoms with Gasteiger partial charge in [0.1, 0.15) is 32.5 Å². The molecule has 3 heterocycles. The van der Waals surface area contributed by atoms with E-state index < -0.39 is 23.9 Å². The van der Waals surface area contributed by atoms with E-state index in [0.717, 1.165) is 22.3 Å². The van der Waals surface area contributed by atoms with E-state index >= 15 is 0 Å². The van der Waals surface area contributed by atoms with Crippen molar-refractivity contribution in [2.24, 2.45) is 0 Å². The summed E-state index contributed by atoms with van der Waals surface area (Å²) in [6.07, 6.45) is 0. The first-order chi connectivity index (χ1) is 49.1. The first-order valence-corrected chi connectivity index (χ1v) is 32.1. The molecule has 12 aromatic carbocycles. The lowest BCUT2D eigenvalue weighted by atomic mass is 9.98. The summed E-state index contributed by atoms with van der Waals surface area (Å²) in [7, 11) is 0. The number of carbonyl (C=O) groups excluding carboxylic acids is 4. The standard InChI is InChI=1S/C85H55N7O8/c86-48-58-25-16-28-60(41-58)68-43-62(30-36-74(68)92-77-39-33-65(84(95)99-52-56-21-10-3-11-22-56)46-71(77)72-47-66(34-40-78(72)92)85(96)100-53-57-23-12-4-13-24-57)81-89-79(59-26-14-5-15-27-59)88-80(90-81)61-29-35-73(67(42-61)49-87)91-75-37-31-63(82(93)97-50-54-17-6-1-7-18-54)44-69(75)70-45-64(32-38-76(70)91)83(94)98-51-55-19-8-2-9-20-55/h1-47H,50-53H2. The molecule has 0 atom stereocenters. The van der Waals surface area contributed by atoms with E-state index in [1.54, 1.807) is 60.7 Å². The minimum atomic E-state index is -0.534. The number of benzene rings is 12. The fourth-order valence-corrected chi connectivity index (χ4v) is 12.5. The molecular formula is C85H55N7O8. The maximum Gasteiger partial charge on any atom is 0.338 e. The maximum absolute atomic E-state index is 13.9. The molecule has 0 aliphatic heterocycles. The molecule has 3 aromatic heterocycles. The number of rotatable bonds is 18. The number of esters is 4. The Morgan fingerprint density at radius 1 is 0.310 bits per heavy atom. The molecule has 15 nitrogen and oxygen atoms in total. The summed E-state index contributed by atoms with van der Waals surface area (Å²) < 4.78 is 27.2. The Hall–Kier alpha value is -13.9. The molecule has 0 amide bonds. The Kier molecular flexibility index (Phi) is 17.1. The average molecular weight is 1300 g/mol. The van der Waals surface area contributed by atoms with Crippen molar-refractivity contribution in [2.45, 2.75) is 26.4 Å². The molecule has 15 aromatic rings. The molecule has 100 heavy (non-hydrogen) atoms. The molecular weight excluding hydrogens is 1250 g/mol. The largest absolute Gasteiger partial charge is 0.457 e. The van der Waals surface area contributed by atoms with E-state index in [1.165, 1.54) is 0 Å². The third kappa shape index (κ3) is 12.7. The van der Waals surface area contributed by atoms with Gasteiger partial charge in [-0.2, -0.15) is 10.5 Å². The third-order valence-electron chi connectivity index (χ3n) is 17.4. The van der Waals surface area contributed by atoms with Gasteiger partial charge in [0.15, 0.2) is 17.5 Å².